The van der Waals surface area contributed by atoms with Crippen molar-refractivity contribution < 1.29 is 0 Å². The van der Waals surface area contributed by atoms with Crippen molar-refractivity contribution in [2.75, 3.05) is 0 Å². The summed E-state index contributed by atoms with van der Waals surface area (Å²) in [7, 11) is 0. The fourth-order valence-corrected chi connectivity index (χ4v) is 2.94. The first-order chi connectivity index (χ1) is 8.09. The van der Waals surface area contributed by atoms with Gasteiger partial charge in [0.15, 0.2) is 0 Å². The van der Waals surface area contributed by atoms with E-state index >= 15 is 0 Å². The van der Waals surface area contributed by atoms with E-state index in [1.54, 1.807) is 0 Å². The second-order valence-electron chi connectivity index (χ2n) is 5.26. The summed E-state index contributed by atoms with van der Waals surface area (Å²) in [6, 6.07) is 9.10. The van der Waals surface area contributed by atoms with Crippen molar-refractivity contribution in [1.29, 1.82) is 0 Å². The molecular formula is C17H18. The van der Waals surface area contributed by atoms with Crippen LogP contribution in [0.1, 0.15) is 33.4 Å². The minimum atomic E-state index is 1.10. The first kappa shape index (κ1) is 10.6. The van der Waals surface area contributed by atoms with Crippen LogP contribution in [0.5, 0.6) is 0 Å². The van der Waals surface area contributed by atoms with Crippen molar-refractivity contribution in [3.63, 3.8) is 0 Å². The third kappa shape index (κ3) is 1.37. The Kier molecular flexibility index (Phi) is 2.16. The molecular weight excluding hydrogens is 204 g/mol. The zero-order valence-corrected chi connectivity index (χ0v) is 11.0. The van der Waals surface area contributed by atoms with Gasteiger partial charge in [0.1, 0.15) is 0 Å². The van der Waals surface area contributed by atoms with Crippen LogP contribution in [-0.4, -0.2) is 0 Å². The van der Waals surface area contributed by atoms with Gasteiger partial charge in [-0.25, -0.2) is 0 Å². The SMILES string of the molecule is Cc1ccc2c(c1C)-c1c(ccc(C)c1C)C2. The molecule has 0 atom stereocenters. The number of hydrogen-bond acceptors (Lipinski definition) is 0. The molecule has 0 heteroatoms. The van der Waals surface area contributed by atoms with Crippen molar-refractivity contribution in [2.45, 2.75) is 34.1 Å². The maximum atomic E-state index is 2.30. The molecule has 0 saturated heterocycles. The molecule has 0 bridgehead atoms. The molecule has 0 saturated carbocycles. The summed E-state index contributed by atoms with van der Waals surface area (Å²) >= 11 is 0. The molecule has 17 heavy (non-hydrogen) atoms. The molecule has 0 amide bonds. The van der Waals surface area contributed by atoms with Gasteiger partial charge >= 0.3 is 0 Å². The average Bonchev–Trinajstić information content (AvgIpc) is 2.69. The molecule has 0 fully saturated rings. The number of aryl methyl sites for hydroxylation is 2. The second kappa shape index (κ2) is 3.46. The molecule has 86 valence electrons. The van der Waals surface area contributed by atoms with Crippen LogP contribution in [-0.2, 0) is 6.42 Å². The first-order valence-electron chi connectivity index (χ1n) is 6.28. The average molecular weight is 222 g/mol. The maximum absolute atomic E-state index is 2.30. The summed E-state index contributed by atoms with van der Waals surface area (Å²) in [5.74, 6) is 0. The normalized spacial score (nSPS) is 12.5. The first-order valence-corrected chi connectivity index (χ1v) is 6.28. The van der Waals surface area contributed by atoms with E-state index < -0.39 is 0 Å². The zero-order chi connectivity index (χ0) is 12.2. The summed E-state index contributed by atoms with van der Waals surface area (Å²) in [5.41, 5.74) is 11.7. The Morgan fingerprint density at radius 3 is 1.47 bits per heavy atom. The molecule has 0 N–H and O–H groups in total. The van der Waals surface area contributed by atoms with E-state index in [0.717, 1.165) is 6.42 Å². The van der Waals surface area contributed by atoms with E-state index in [4.69, 9.17) is 0 Å². The van der Waals surface area contributed by atoms with Gasteiger partial charge in [-0.3, -0.25) is 0 Å². The number of benzene rings is 2. The minimum Gasteiger partial charge on any atom is -0.0587 e. The topological polar surface area (TPSA) is 0 Å². The molecule has 0 nitrogen and oxygen atoms in total. The lowest BCUT2D eigenvalue weighted by atomic mass is 9.92. The predicted octanol–water partition coefficient (Wildman–Crippen LogP) is 4.49. The number of fused-ring (bicyclic) bond motifs is 3. The molecule has 0 unspecified atom stereocenters. The van der Waals surface area contributed by atoms with Crippen LogP contribution >= 0.6 is 0 Å². The van der Waals surface area contributed by atoms with Crippen LogP contribution in [0.3, 0.4) is 0 Å². The fraction of sp³-hybridized carbons (Fsp3) is 0.294. The molecule has 2 aromatic rings. The predicted molar refractivity (Wildman–Crippen MR) is 73.6 cm³/mol. The Morgan fingerprint density at radius 2 is 1.06 bits per heavy atom. The van der Waals surface area contributed by atoms with Crippen molar-refractivity contribution in [1.82, 2.24) is 0 Å². The molecule has 2 aromatic carbocycles. The molecule has 0 heterocycles. The largest absolute Gasteiger partial charge is 0.0587 e. The lowest BCUT2D eigenvalue weighted by Crippen LogP contribution is -1.91. The third-order valence-electron chi connectivity index (χ3n) is 4.28. The van der Waals surface area contributed by atoms with E-state index in [-0.39, 0.29) is 0 Å². The Bertz CT molecular complexity index is 563. The Hall–Kier alpha value is -1.56. The van der Waals surface area contributed by atoms with Gasteiger partial charge in [0.25, 0.3) is 0 Å². The third-order valence-corrected chi connectivity index (χ3v) is 4.28. The van der Waals surface area contributed by atoms with Gasteiger partial charge in [0.05, 0.1) is 0 Å². The lowest BCUT2D eigenvalue weighted by Gasteiger charge is -2.12. The summed E-state index contributed by atoms with van der Waals surface area (Å²) < 4.78 is 0. The van der Waals surface area contributed by atoms with Crippen LogP contribution < -0.4 is 0 Å². The van der Waals surface area contributed by atoms with Gasteiger partial charge in [-0.15, -0.1) is 0 Å². The fourth-order valence-electron chi connectivity index (χ4n) is 2.94. The Morgan fingerprint density at radius 1 is 0.647 bits per heavy atom. The van der Waals surface area contributed by atoms with E-state index in [1.165, 1.54) is 44.5 Å². The molecule has 0 radical (unpaired) electrons. The van der Waals surface area contributed by atoms with Crippen LogP contribution in [0.2, 0.25) is 0 Å². The van der Waals surface area contributed by atoms with E-state index in [2.05, 4.69) is 52.0 Å². The second-order valence-corrected chi connectivity index (χ2v) is 5.26. The van der Waals surface area contributed by atoms with Gasteiger partial charge < -0.3 is 0 Å². The summed E-state index contributed by atoms with van der Waals surface area (Å²) in [6.45, 7) is 8.92. The van der Waals surface area contributed by atoms with E-state index in [9.17, 15) is 0 Å². The van der Waals surface area contributed by atoms with Crippen LogP contribution in [0.15, 0.2) is 24.3 Å². The van der Waals surface area contributed by atoms with Crippen molar-refractivity contribution in [3.05, 3.63) is 57.6 Å². The number of rotatable bonds is 0. The summed E-state index contributed by atoms with van der Waals surface area (Å²) in [4.78, 5) is 0. The lowest BCUT2D eigenvalue weighted by molar-refractivity contribution is 1.23. The van der Waals surface area contributed by atoms with Gasteiger partial charge in [-0.05, 0) is 78.6 Å². The van der Waals surface area contributed by atoms with Crippen LogP contribution in [0, 0.1) is 27.7 Å². The molecule has 0 spiro atoms. The smallest absolute Gasteiger partial charge is 0.00132 e. The van der Waals surface area contributed by atoms with Crippen molar-refractivity contribution >= 4 is 0 Å². The Labute approximate surface area is 103 Å². The van der Waals surface area contributed by atoms with Crippen molar-refractivity contribution in [2.24, 2.45) is 0 Å². The summed E-state index contributed by atoms with van der Waals surface area (Å²) in [6.07, 6.45) is 1.10. The summed E-state index contributed by atoms with van der Waals surface area (Å²) in [5, 5.41) is 0. The molecule has 1 aliphatic rings. The standard InChI is InChI=1S/C17H18/c1-10-5-7-14-9-15-8-6-11(2)13(4)17(15)16(14)12(10)3/h5-8H,9H2,1-4H3. The van der Waals surface area contributed by atoms with Gasteiger partial charge in [0, 0.05) is 0 Å². The highest BCUT2D eigenvalue weighted by molar-refractivity contribution is 5.83. The van der Waals surface area contributed by atoms with Crippen LogP contribution in [0.25, 0.3) is 11.1 Å². The monoisotopic (exact) mass is 222 g/mol. The van der Waals surface area contributed by atoms with E-state index in [1.807, 2.05) is 0 Å². The van der Waals surface area contributed by atoms with Gasteiger partial charge in [-0.1, -0.05) is 24.3 Å². The highest BCUT2D eigenvalue weighted by Gasteiger charge is 2.22. The molecule has 0 aliphatic heterocycles. The van der Waals surface area contributed by atoms with Crippen molar-refractivity contribution in [3.8, 4) is 11.1 Å². The minimum absolute atomic E-state index is 1.10. The van der Waals surface area contributed by atoms with Crippen LogP contribution in [0.4, 0.5) is 0 Å². The Balaban J connectivity index is 2.40. The maximum Gasteiger partial charge on any atom is -0.00132 e. The molecule has 0 aromatic heterocycles. The highest BCUT2D eigenvalue weighted by Crippen LogP contribution is 2.42. The van der Waals surface area contributed by atoms with Gasteiger partial charge in [0.2, 0.25) is 0 Å². The number of hydrogen-bond donors (Lipinski definition) is 0. The van der Waals surface area contributed by atoms with Gasteiger partial charge in [-0.2, -0.15) is 0 Å². The quantitative estimate of drug-likeness (QED) is 0.525. The van der Waals surface area contributed by atoms with E-state index in [0.29, 0.717) is 0 Å². The highest BCUT2D eigenvalue weighted by atomic mass is 14.3. The molecule has 3 rings (SSSR count). The molecule has 1 aliphatic carbocycles. The zero-order valence-electron chi connectivity index (χ0n) is 11.0.